The van der Waals surface area contributed by atoms with Crippen molar-refractivity contribution < 1.29 is 5.11 Å². The second-order valence-corrected chi connectivity index (χ2v) is 6.50. The van der Waals surface area contributed by atoms with E-state index in [0.717, 1.165) is 18.4 Å². The Morgan fingerprint density at radius 2 is 2.06 bits per heavy atom. The molecular formula is C14H28N2O. The van der Waals surface area contributed by atoms with Crippen LogP contribution in [-0.4, -0.2) is 40.8 Å². The summed E-state index contributed by atoms with van der Waals surface area (Å²) in [5.74, 6) is 0.935. The molecule has 4 atom stereocenters. The average Bonchev–Trinajstić information content (AvgIpc) is 2.72. The van der Waals surface area contributed by atoms with Crippen molar-refractivity contribution in [3.05, 3.63) is 0 Å². The molecule has 100 valence electrons. The molecule has 3 N–H and O–H groups in total. The Morgan fingerprint density at radius 1 is 1.35 bits per heavy atom. The molecule has 1 aliphatic carbocycles. The van der Waals surface area contributed by atoms with Crippen molar-refractivity contribution in [1.29, 1.82) is 0 Å². The molecule has 0 aromatic rings. The van der Waals surface area contributed by atoms with Crippen molar-refractivity contribution >= 4 is 0 Å². The Bertz CT molecular complexity index is 255. The summed E-state index contributed by atoms with van der Waals surface area (Å²) >= 11 is 0. The molecule has 3 nitrogen and oxygen atoms in total. The topological polar surface area (TPSA) is 49.5 Å². The van der Waals surface area contributed by atoms with E-state index in [1.54, 1.807) is 0 Å². The van der Waals surface area contributed by atoms with E-state index in [4.69, 9.17) is 5.73 Å². The molecule has 0 bridgehead atoms. The largest absolute Gasteiger partial charge is 0.394 e. The van der Waals surface area contributed by atoms with Crippen LogP contribution in [0.15, 0.2) is 0 Å². The van der Waals surface area contributed by atoms with Crippen LogP contribution in [0.2, 0.25) is 0 Å². The van der Waals surface area contributed by atoms with Crippen LogP contribution >= 0.6 is 0 Å². The van der Waals surface area contributed by atoms with Crippen LogP contribution in [0.25, 0.3) is 0 Å². The predicted molar refractivity (Wildman–Crippen MR) is 70.8 cm³/mol. The van der Waals surface area contributed by atoms with Gasteiger partial charge in [-0.15, -0.1) is 0 Å². The standard InChI is InChI=1S/C14H28N2O/c1-11(9-14(2,15)10-17)16-8-7-12-5-3-4-6-13(12)16/h11-13,17H,3-10,15H2,1-2H3. The number of likely N-dealkylation sites (tertiary alicyclic amines) is 1. The normalized spacial score (nSPS) is 35.3. The second kappa shape index (κ2) is 5.25. The van der Waals surface area contributed by atoms with E-state index >= 15 is 0 Å². The van der Waals surface area contributed by atoms with E-state index in [-0.39, 0.29) is 6.61 Å². The fourth-order valence-corrected chi connectivity index (χ4v) is 3.85. The zero-order valence-electron chi connectivity index (χ0n) is 11.4. The monoisotopic (exact) mass is 240 g/mol. The molecule has 0 aromatic heterocycles. The van der Waals surface area contributed by atoms with Gasteiger partial charge < -0.3 is 10.8 Å². The molecule has 4 unspecified atom stereocenters. The van der Waals surface area contributed by atoms with E-state index < -0.39 is 5.54 Å². The fraction of sp³-hybridized carbons (Fsp3) is 1.00. The van der Waals surface area contributed by atoms with Gasteiger partial charge in [-0.05, 0) is 52.0 Å². The first-order chi connectivity index (χ1) is 8.03. The maximum absolute atomic E-state index is 9.27. The summed E-state index contributed by atoms with van der Waals surface area (Å²) in [4.78, 5) is 2.66. The van der Waals surface area contributed by atoms with Crippen LogP contribution in [0.5, 0.6) is 0 Å². The van der Waals surface area contributed by atoms with Gasteiger partial charge in [-0.3, -0.25) is 4.90 Å². The Balaban J connectivity index is 1.93. The van der Waals surface area contributed by atoms with Crippen molar-refractivity contribution in [3.8, 4) is 0 Å². The maximum Gasteiger partial charge on any atom is 0.0609 e. The molecule has 17 heavy (non-hydrogen) atoms. The molecule has 2 aliphatic rings. The highest BCUT2D eigenvalue weighted by molar-refractivity contribution is 4.94. The summed E-state index contributed by atoms with van der Waals surface area (Å²) in [7, 11) is 0. The molecule has 0 spiro atoms. The summed E-state index contributed by atoms with van der Waals surface area (Å²) in [6, 6.07) is 1.30. The van der Waals surface area contributed by atoms with Crippen molar-refractivity contribution in [2.24, 2.45) is 11.7 Å². The number of nitrogens with two attached hydrogens (primary N) is 1. The molecule has 0 radical (unpaired) electrons. The van der Waals surface area contributed by atoms with Gasteiger partial charge in [-0.1, -0.05) is 12.8 Å². The third-order valence-corrected chi connectivity index (χ3v) is 4.74. The highest BCUT2D eigenvalue weighted by Gasteiger charge is 2.38. The van der Waals surface area contributed by atoms with E-state index in [1.165, 1.54) is 38.6 Å². The van der Waals surface area contributed by atoms with Crippen molar-refractivity contribution in [2.75, 3.05) is 13.2 Å². The Kier molecular flexibility index (Phi) is 4.11. The Hall–Kier alpha value is -0.120. The molecule has 0 aromatic carbocycles. The predicted octanol–water partition coefficient (Wildman–Crippen LogP) is 1.74. The molecule has 1 aliphatic heterocycles. The number of aliphatic hydroxyl groups is 1. The van der Waals surface area contributed by atoms with Crippen molar-refractivity contribution in [1.82, 2.24) is 4.90 Å². The number of hydrogen-bond donors (Lipinski definition) is 2. The van der Waals surface area contributed by atoms with Crippen molar-refractivity contribution in [3.63, 3.8) is 0 Å². The molecule has 1 saturated heterocycles. The Morgan fingerprint density at radius 3 is 2.76 bits per heavy atom. The SMILES string of the molecule is CC(CC(C)(N)CO)N1CCC2CCCCC21. The van der Waals surface area contributed by atoms with Gasteiger partial charge in [0.2, 0.25) is 0 Å². The summed E-state index contributed by atoms with van der Waals surface area (Å²) in [5, 5.41) is 9.27. The highest BCUT2D eigenvalue weighted by Crippen LogP contribution is 2.38. The van der Waals surface area contributed by atoms with E-state index in [1.807, 2.05) is 6.92 Å². The minimum Gasteiger partial charge on any atom is -0.394 e. The van der Waals surface area contributed by atoms with Crippen molar-refractivity contribution in [2.45, 2.75) is 70.0 Å². The molecule has 1 saturated carbocycles. The summed E-state index contributed by atoms with van der Waals surface area (Å²) in [5.41, 5.74) is 5.65. The molecule has 2 fully saturated rings. The van der Waals surface area contributed by atoms with Gasteiger partial charge in [0.1, 0.15) is 0 Å². The van der Waals surface area contributed by atoms with Gasteiger partial charge in [0.05, 0.1) is 6.61 Å². The number of fused-ring (bicyclic) bond motifs is 1. The van der Waals surface area contributed by atoms with E-state index in [9.17, 15) is 5.11 Å². The van der Waals surface area contributed by atoms with Crippen LogP contribution < -0.4 is 5.73 Å². The van der Waals surface area contributed by atoms with E-state index in [0.29, 0.717) is 6.04 Å². The fourth-order valence-electron chi connectivity index (χ4n) is 3.85. The lowest BCUT2D eigenvalue weighted by atomic mass is 9.84. The lowest BCUT2D eigenvalue weighted by Gasteiger charge is -2.38. The van der Waals surface area contributed by atoms with Gasteiger partial charge in [0, 0.05) is 17.6 Å². The number of nitrogens with zero attached hydrogens (tertiary/aromatic N) is 1. The summed E-state index contributed by atoms with van der Waals surface area (Å²) < 4.78 is 0. The first-order valence-corrected chi connectivity index (χ1v) is 7.19. The van der Waals surface area contributed by atoms with Gasteiger partial charge in [0.25, 0.3) is 0 Å². The molecule has 2 rings (SSSR count). The quantitative estimate of drug-likeness (QED) is 0.787. The molecule has 0 amide bonds. The smallest absolute Gasteiger partial charge is 0.0609 e. The summed E-state index contributed by atoms with van der Waals surface area (Å²) in [6.45, 7) is 5.55. The zero-order valence-corrected chi connectivity index (χ0v) is 11.4. The van der Waals surface area contributed by atoms with Gasteiger partial charge in [0.15, 0.2) is 0 Å². The summed E-state index contributed by atoms with van der Waals surface area (Å²) in [6.07, 6.45) is 7.88. The molecular weight excluding hydrogens is 212 g/mol. The minimum atomic E-state index is -0.424. The highest BCUT2D eigenvalue weighted by atomic mass is 16.3. The molecule has 1 heterocycles. The first kappa shape index (κ1) is 13.3. The van der Waals surface area contributed by atoms with Crippen LogP contribution in [-0.2, 0) is 0 Å². The third kappa shape index (κ3) is 3.01. The Labute approximate surface area is 105 Å². The molecule has 3 heteroatoms. The second-order valence-electron chi connectivity index (χ2n) is 6.50. The van der Waals surface area contributed by atoms with Crippen LogP contribution in [0, 0.1) is 5.92 Å². The van der Waals surface area contributed by atoms with Crippen LogP contribution in [0.4, 0.5) is 0 Å². The lowest BCUT2D eigenvalue weighted by molar-refractivity contribution is 0.104. The number of hydrogen-bond acceptors (Lipinski definition) is 3. The zero-order chi connectivity index (χ0) is 12.5. The third-order valence-electron chi connectivity index (χ3n) is 4.74. The van der Waals surface area contributed by atoms with Crippen LogP contribution in [0.3, 0.4) is 0 Å². The first-order valence-electron chi connectivity index (χ1n) is 7.19. The van der Waals surface area contributed by atoms with Gasteiger partial charge >= 0.3 is 0 Å². The average molecular weight is 240 g/mol. The number of aliphatic hydroxyl groups excluding tert-OH is 1. The van der Waals surface area contributed by atoms with E-state index in [2.05, 4.69) is 11.8 Å². The lowest BCUT2D eigenvalue weighted by Crippen LogP contribution is -2.49. The minimum absolute atomic E-state index is 0.0826. The van der Waals surface area contributed by atoms with Gasteiger partial charge in [-0.25, -0.2) is 0 Å². The van der Waals surface area contributed by atoms with Gasteiger partial charge in [-0.2, -0.15) is 0 Å². The number of rotatable bonds is 4. The maximum atomic E-state index is 9.27. The van der Waals surface area contributed by atoms with Crippen LogP contribution in [0.1, 0.15) is 52.4 Å².